The van der Waals surface area contributed by atoms with Gasteiger partial charge in [-0.15, -0.1) is 0 Å². The average molecular weight is 258 g/mol. The lowest BCUT2D eigenvalue weighted by molar-refractivity contribution is 0.219. The van der Waals surface area contributed by atoms with Crippen LogP contribution in [-0.2, 0) is 4.74 Å². The average Bonchev–Trinajstić information content (AvgIpc) is 2.71. The molecule has 104 valence electrons. The highest BCUT2D eigenvalue weighted by Crippen LogP contribution is 2.26. The van der Waals surface area contributed by atoms with Crippen molar-refractivity contribution >= 4 is 0 Å². The molecule has 1 aliphatic carbocycles. The van der Waals surface area contributed by atoms with Gasteiger partial charge in [-0.3, -0.25) is 0 Å². The molecular formula is C18H26O. The fourth-order valence-corrected chi connectivity index (χ4v) is 2.24. The van der Waals surface area contributed by atoms with Gasteiger partial charge >= 0.3 is 0 Å². The molecule has 0 radical (unpaired) electrons. The van der Waals surface area contributed by atoms with Gasteiger partial charge in [0.15, 0.2) is 0 Å². The number of allylic oxidation sites excluding steroid dienone is 9. The standard InChI is InChI=1S/C18H26O/c1-5-16(6-2)13-18(14-19-4)15(3)17-11-9-7-8-10-12-17/h5,7-11,13,15H,6,12,14H2,1-4H3/b16-5-,18-13+. The first-order valence-corrected chi connectivity index (χ1v) is 7.09. The molecule has 0 fully saturated rings. The molecule has 0 N–H and O–H groups in total. The van der Waals surface area contributed by atoms with Gasteiger partial charge in [0.1, 0.15) is 0 Å². The van der Waals surface area contributed by atoms with E-state index >= 15 is 0 Å². The highest BCUT2D eigenvalue weighted by molar-refractivity contribution is 5.33. The predicted octanol–water partition coefficient (Wildman–Crippen LogP) is 4.99. The highest BCUT2D eigenvalue weighted by atomic mass is 16.5. The molecule has 0 heterocycles. The smallest absolute Gasteiger partial charge is 0.0681 e. The molecule has 0 aromatic heterocycles. The maximum atomic E-state index is 5.38. The summed E-state index contributed by atoms with van der Waals surface area (Å²) in [5, 5.41) is 0. The third kappa shape index (κ3) is 5.04. The van der Waals surface area contributed by atoms with E-state index in [9.17, 15) is 0 Å². The summed E-state index contributed by atoms with van der Waals surface area (Å²) < 4.78 is 5.38. The van der Waals surface area contributed by atoms with Gasteiger partial charge in [-0.05, 0) is 25.3 Å². The topological polar surface area (TPSA) is 9.23 Å². The minimum atomic E-state index is 0.425. The molecule has 1 aliphatic rings. The third-order valence-electron chi connectivity index (χ3n) is 3.60. The number of hydrogen-bond acceptors (Lipinski definition) is 1. The third-order valence-corrected chi connectivity index (χ3v) is 3.60. The monoisotopic (exact) mass is 258 g/mol. The second kappa shape index (κ2) is 8.71. The van der Waals surface area contributed by atoms with Crippen LogP contribution in [0.25, 0.3) is 0 Å². The van der Waals surface area contributed by atoms with Crippen molar-refractivity contribution in [2.24, 2.45) is 5.92 Å². The summed E-state index contributed by atoms with van der Waals surface area (Å²) in [4.78, 5) is 0. The van der Waals surface area contributed by atoms with Crippen LogP contribution in [0.1, 0.15) is 33.6 Å². The Kier molecular flexibility index (Phi) is 7.20. The molecule has 0 spiro atoms. The summed E-state index contributed by atoms with van der Waals surface area (Å²) in [6.07, 6.45) is 17.3. The van der Waals surface area contributed by atoms with Crippen LogP contribution in [0.15, 0.2) is 59.3 Å². The van der Waals surface area contributed by atoms with E-state index in [1.54, 1.807) is 7.11 Å². The zero-order valence-electron chi connectivity index (χ0n) is 12.6. The molecule has 1 unspecified atom stereocenters. The van der Waals surface area contributed by atoms with Crippen LogP contribution in [0.3, 0.4) is 0 Å². The van der Waals surface area contributed by atoms with Gasteiger partial charge in [-0.1, -0.05) is 67.5 Å². The zero-order valence-corrected chi connectivity index (χ0v) is 12.6. The summed E-state index contributed by atoms with van der Waals surface area (Å²) in [5.41, 5.74) is 4.17. The summed E-state index contributed by atoms with van der Waals surface area (Å²) in [5.74, 6) is 0.425. The lowest BCUT2D eigenvalue weighted by Gasteiger charge is -2.19. The highest BCUT2D eigenvalue weighted by Gasteiger charge is 2.13. The maximum Gasteiger partial charge on any atom is 0.0681 e. The predicted molar refractivity (Wildman–Crippen MR) is 84.2 cm³/mol. The Balaban J connectivity index is 2.95. The molecule has 1 atom stereocenters. The van der Waals surface area contributed by atoms with Gasteiger partial charge in [0.2, 0.25) is 0 Å². The quantitative estimate of drug-likeness (QED) is 0.610. The first-order chi connectivity index (χ1) is 9.22. The van der Waals surface area contributed by atoms with E-state index in [4.69, 9.17) is 4.74 Å². The first-order valence-electron chi connectivity index (χ1n) is 7.09. The van der Waals surface area contributed by atoms with Crippen LogP contribution < -0.4 is 0 Å². The molecule has 1 nitrogen and oxygen atoms in total. The van der Waals surface area contributed by atoms with Crippen LogP contribution >= 0.6 is 0 Å². The van der Waals surface area contributed by atoms with Gasteiger partial charge in [0.25, 0.3) is 0 Å². The van der Waals surface area contributed by atoms with Crippen molar-refractivity contribution in [3.8, 4) is 0 Å². The Hall–Kier alpha value is -1.34. The fraction of sp³-hybridized carbons (Fsp3) is 0.444. The molecule has 19 heavy (non-hydrogen) atoms. The van der Waals surface area contributed by atoms with Crippen molar-refractivity contribution < 1.29 is 4.74 Å². The zero-order chi connectivity index (χ0) is 14.1. The molecule has 1 rings (SSSR count). The van der Waals surface area contributed by atoms with E-state index in [0.717, 1.165) is 12.8 Å². The van der Waals surface area contributed by atoms with Crippen molar-refractivity contribution in [3.05, 3.63) is 59.3 Å². The van der Waals surface area contributed by atoms with Gasteiger partial charge in [0.05, 0.1) is 6.61 Å². The molecule has 1 heteroatoms. The Morgan fingerprint density at radius 2 is 2.16 bits per heavy atom. The molecule has 0 amide bonds. The maximum absolute atomic E-state index is 5.38. The van der Waals surface area contributed by atoms with Gasteiger partial charge in [-0.25, -0.2) is 0 Å². The Morgan fingerprint density at radius 3 is 2.79 bits per heavy atom. The molecule has 0 saturated carbocycles. The summed E-state index contributed by atoms with van der Waals surface area (Å²) >= 11 is 0. The molecule has 0 aromatic carbocycles. The number of methoxy groups -OCH3 is 1. The van der Waals surface area contributed by atoms with Crippen molar-refractivity contribution in [1.29, 1.82) is 0 Å². The summed E-state index contributed by atoms with van der Waals surface area (Å²) in [6.45, 7) is 7.26. The van der Waals surface area contributed by atoms with Gasteiger partial charge in [0, 0.05) is 13.0 Å². The lowest BCUT2D eigenvalue weighted by Crippen LogP contribution is -2.09. The molecular weight excluding hydrogens is 232 g/mol. The Labute approximate surface area is 118 Å². The van der Waals surface area contributed by atoms with Crippen LogP contribution in [-0.4, -0.2) is 13.7 Å². The normalized spacial score (nSPS) is 18.2. The summed E-state index contributed by atoms with van der Waals surface area (Å²) in [7, 11) is 1.77. The summed E-state index contributed by atoms with van der Waals surface area (Å²) in [6, 6.07) is 0. The number of ether oxygens (including phenoxy) is 1. The molecule has 0 aliphatic heterocycles. The van der Waals surface area contributed by atoms with Gasteiger partial charge < -0.3 is 4.74 Å². The largest absolute Gasteiger partial charge is 0.380 e. The second-order valence-corrected chi connectivity index (χ2v) is 4.85. The van der Waals surface area contributed by atoms with Gasteiger partial charge in [-0.2, -0.15) is 0 Å². The van der Waals surface area contributed by atoms with Crippen LogP contribution in [0.2, 0.25) is 0 Å². The number of rotatable bonds is 6. The Morgan fingerprint density at radius 1 is 1.37 bits per heavy atom. The van der Waals surface area contributed by atoms with E-state index < -0.39 is 0 Å². The second-order valence-electron chi connectivity index (χ2n) is 4.85. The minimum Gasteiger partial charge on any atom is -0.380 e. The minimum absolute atomic E-state index is 0.425. The van der Waals surface area contributed by atoms with Crippen molar-refractivity contribution in [1.82, 2.24) is 0 Å². The molecule has 0 bridgehead atoms. The molecule has 0 aromatic rings. The fourth-order valence-electron chi connectivity index (χ4n) is 2.24. The van der Waals surface area contributed by atoms with E-state index in [1.807, 2.05) is 0 Å². The SMILES string of the molecule is C/C=C(\C=C(/COC)C(C)C1=CC=CC=CC1)CC. The van der Waals surface area contributed by atoms with E-state index in [-0.39, 0.29) is 0 Å². The number of hydrogen-bond donors (Lipinski definition) is 0. The van der Waals surface area contributed by atoms with Crippen molar-refractivity contribution in [2.45, 2.75) is 33.6 Å². The van der Waals surface area contributed by atoms with Crippen molar-refractivity contribution in [3.63, 3.8) is 0 Å². The van der Waals surface area contributed by atoms with Crippen LogP contribution in [0.5, 0.6) is 0 Å². The van der Waals surface area contributed by atoms with Crippen LogP contribution in [0, 0.1) is 5.92 Å². The van der Waals surface area contributed by atoms with E-state index in [1.165, 1.54) is 16.7 Å². The van der Waals surface area contributed by atoms with E-state index in [2.05, 4.69) is 63.3 Å². The Bertz CT molecular complexity index is 419. The van der Waals surface area contributed by atoms with E-state index in [0.29, 0.717) is 12.5 Å². The molecule has 0 saturated heterocycles. The van der Waals surface area contributed by atoms with Crippen molar-refractivity contribution in [2.75, 3.05) is 13.7 Å². The lowest BCUT2D eigenvalue weighted by atomic mass is 9.89. The van der Waals surface area contributed by atoms with Crippen LogP contribution in [0.4, 0.5) is 0 Å². The first kappa shape index (κ1) is 15.7.